The van der Waals surface area contributed by atoms with Gasteiger partial charge in [0.05, 0.1) is 19.3 Å². The van der Waals surface area contributed by atoms with E-state index >= 15 is 0 Å². The van der Waals surface area contributed by atoms with Gasteiger partial charge in [-0.15, -0.1) is 0 Å². The number of nitrogens with zero attached hydrogens (tertiary/aromatic N) is 2. The molecular weight excluding hydrogens is 332 g/mol. The summed E-state index contributed by atoms with van der Waals surface area (Å²) < 4.78 is 5.27. The first-order chi connectivity index (χ1) is 12.5. The molecule has 2 amide bonds. The number of amides is 2. The van der Waals surface area contributed by atoms with Crippen LogP contribution < -0.4 is 15.4 Å². The molecule has 0 atom stereocenters. The highest BCUT2D eigenvalue weighted by atomic mass is 16.5. The van der Waals surface area contributed by atoms with E-state index in [0.717, 1.165) is 45.4 Å². The van der Waals surface area contributed by atoms with Gasteiger partial charge in [-0.1, -0.05) is 12.1 Å². The molecule has 3 rings (SSSR count). The van der Waals surface area contributed by atoms with Crippen LogP contribution in [-0.4, -0.2) is 74.0 Å². The van der Waals surface area contributed by atoms with Gasteiger partial charge < -0.3 is 15.4 Å². The Labute approximate surface area is 154 Å². The number of ether oxygens (including phenoxy) is 1. The summed E-state index contributed by atoms with van der Waals surface area (Å²) in [6, 6.07) is 7.38. The van der Waals surface area contributed by atoms with Crippen LogP contribution in [0.1, 0.15) is 19.3 Å². The van der Waals surface area contributed by atoms with Crippen LogP contribution in [0.25, 0.3) is 0 Å². The number of para-hydroxylation sites is 2. The summed E-state index contributed by atoms with van der Waals surface area (Å²) in [6.45, 7) is 3.46. The largest absolute Gasteiger partial charge is 0.495 e. The Morgan fingerprint density at radius 2 is 2.00 bits per heavy atom. The molecule has 2 aliphatic rings. The number of hydrogen-bond acceptors (Lipinski definition) is 5. The minimum Gasteiger partial charge on any atom is -0.495 e. The Hall–Kier alpha value is -2.12. The molecule has 2 fully saturated rings. The van der Waals surface area contributed by atoms with Crippen LogP contribution in [-0.2, 0) is 9.59 Å². The van der Waals surface area contributed by atoms with Crippen molar-refractivity contribution < 1.29 is 14.3 Å². The van der Waals surface area contributed by atoms with Crippen LogP contribution in [0, 0.1) is 0 Å². The van der Waals surface area contributed by atoms with Crippen molar-refractivity contribution in [2.75, 3.05) is 52.2 Å². The Bertz CT molecular complexity index is 656. The average molecular weight is 360 g/mol. The molecule has 0 saturated carbocycles. The molecule has 0 bridgehead atoms. The molecule has 2 saturated heterocycles. The smallest absolute Gasteiger partial charge is 0.240 e. The molecule has 0 aliphatic carbocycles. The van der Waals surface area contributed by atoms with E-state index < -0.39 is 5.54 Å². The van der Waals surface area contributed by atoms with Crippen molar-refractivity contribution >= 4 is 17.5 Å². The van der Waals surface area contributed by atoms with Gasteiger partial charge in [0, 0.05) is 26.2 Å². The van der Waals surface area contributed by atoms with E-state index in [9.17, 15) is 9.59 Å². The number of methoxy groups -OCH3 is 1. The molecular formula is C19H28N4O3. The zero-order valence-corrected chi connectivity index (χ0v) is 15.6. The Morgan fingerprint density at radius 1 is 1.27 bits per heavy atom. The molecule has 26 heavy (non-hydrogen) atoms. The van der Waals surface area contributed by atoms with Gasteiger partial charge in [0.15, 0.2) is 0 Å². The molecule has 0 unspecified atom stereocenters. The van der Waals surface area contributed by atoms with E-state index in [1.165, 1.54) is 0 Å². The Kier molecular flexibility index (Phi) is 5.78. The number of likely N-dealkylation sites (N-methyl/N-ethyl adjacent to an activating group) is 1. The first-order valence-corrected chi connectivity index (χ1v) is 9.20. The minimum absolute atomic E-state index is 0.0656. The normalized spacial score (nSPS) is 21.1. The number of piperidine rings is 1. The fraction of sp³-hybridized carbons (Fsp3) is 0.579. The van der Waals surface area contributed by atoms with E-state index in [2.05, 4.69) is 20.4 Å². The van der Waals surface area contributed by atoms with E-state index in [0.29, 0.717) is 18.0 Å². The Balaban J connectivity index is 1.56. The van der Waals surface area contributed by atoms with Gasteiger partial charge in [-0.3, -0.25) is 19.4 Å². The molecule has 142 valence electrons. The fourth-order valence-corrected chi connectivity index (χ4v) is 3.90. The van der Waals surface area contributed by atoms with Crippen LogP contribution in [0.15, 0.2) is 24.3 Å². The molecule has 1 aromatic carbocycles. The molecule has 2 heterocycles. The summed E-state index contributed by atoms with van der Waals surface area (Å²) >= 11 is 0. The summed E-state index contributed by atoms with van der Waals surface area (Å²) in [6.07, 6.45) is 2.48. The van der Waals surface area contributed by atoms with Gasteiger partial charge in [0.25, 0.3) is 0 Å². The molecule has 1 spiro atoms. The lowest BCUT2D eigenvalue weighted by Crippen LogP contribution is -2.61. The average Bonchev–Trinajstić information content (AvgIpc) is 2.78. The zero-order chi connectivity index (χ0) is 18.6. The number of benzene rings is 1. The number of hydrogen-bond donors (Lipinski definition) is 2. The topological polar surface area (TPSA) is 73.9 Å². The molecule has 2 N–H and O–H groups in total. The number of anilines is 1. The number of nitrogens with one attached hydrogen (secondary N) is 2. The highest BCUT2D eigenvalue weighted by molar-refractivity contribution is 5.93. The Morgan fingerprint density at radius 3 is 2.73 bits per heavy atom. The second-order valence-electron chi connectivity index (χ2n) is 7.09. The fourth-order valence-electron chi connectivity index (χ4n) is 3.90. The highest BCUT2D eigenvalue weighted by Gasteiger charge is 2.45. The molecule has 0 aromatic heterocycles. The van der Waals surface area contributed by atoms with Crippen molar-refractivity contribution in [1.29, 1.82) is 0 Å². The predicted octanol–water partition coefficient (Wildman–Crippen LogP) is 0.920. The highest BCUT2D eigenvalue weighted by Crippen LogP contribution is 2.30. The third-order valence-corrected chi connectivity index (χ3v) is 5.54. The van der Waals surface area contributed by atoms with Crippen LogP contribution in [0.2, 0.25) is 0 Å². The van der Waals surface area contributed by atoms with Gasteiger partial charge in [-0.25, -0.2) is 0 Å². The van der Waals surface area contributed by atoms with E-state index in [4.69, 9.17) is 4.74 Å². The lowest BCUT2D eigenvalue weighted by molar-refractivity contribution is -0.135. The van der Waals surface area contributed by atoms with Crippen molar-refractivity contribution in [3.63, 3.8) is 0 Å². The van der Waals surface area contributed by atoms with E-state index in [-0.39, 0.29) is 11.8 Å². The van der Waals surface area contributed by atoms with Gasteiger partial charge >= 0.3 is 0 Å². The lowest BCUT2D eigenvalue weighted by atomic mass is 9.85. The van der Waals surface area contributed by atoms with Crippen LogP contribution in [0.4, 0.5) is 5.69 Å². The lowest BCUT2D eigenvalue weighted by Gasteiger charge is -2.44. The summed E-state index contributed by atoms with van der Waals surface area (Å²) in [5.74, 6) is 0.718. The molecule has 1 aromatic rings. The van der Waals surface area contributed by atoms with E-state index in [1.807, 2.05) is 31.3 Å². The second kappa shape index (κ2) is 8.05. The SMILES string of the molecule is COc1ccccc1NC(=O)CN1CCC2(CC1)C(=O)NCCCN2C. The van der Waals surface area contributed by atoms with Crippen LogP contribution in [0.3, 0.4) is 0 Å². The summed E-state index contributed by atoms with van der Waals surface area (Å²) in [5, 5.41) is 5.96. The first-order valence-electron chi connectivity index (χ1n) is 9.20. The summed E-state index contributed by atoms with van der Waals surface area (Å²) in [7, 11) is 3.62. The minimum atomic E-state index is -0.424. The number of carbonyl (C=O) groups excluding carboxylic acids is 2. The van der Waals surface area contributed by atoms with Crippen molar-refractivity contribution in [3.05, 3.63) is 24.3 Å². The van der Waals surface area contributed by atoms with Crippen LogP contribution in [0.5, 0.6) is 5.75 Å². The van der Waals surface area contributed by atoms with Gasteiger partial charge in [0.1, 0.15) is 11.3 Å². The molecule has 7 nitrogen and oxygen atoms in total. The van der Waals surface area contributed by atoms with Crippen LogP contribution >= 0.6 is 0 Å². The molecule has 0 radical (unpaired) electrons. The maximum absolute atomic E-state index is 12.6. The number of rotatable bonds is 4. The van der Waals surface area contributed by atoms with E-state index in [1.54, 1.807) is 7.11 Å². The van der Waals surface area contributed by atoms with Gasteiger partial charge in [-0.05, 0) is 38.4 Å². The summed E-state index contributed by atoms with van der Waals surface area (Å²) in [5.41, 5.74) is 0.253. The predicted molar refractivity (Wildman–Crippen MR) is 100 cm³/mol. The van der Waals surface area contributed by atoms with Gasteiger partial charge in [0.2, 0.25) is 11.8 Å². The monoisotopic (exact) mass is 360 g/mol. The van der Waals surface area contributed by atoms with Gasteiger partial charge in [-0.2, -0.15) is 0 Å². The molecule has 7 heteroatoms. The second-order valence-corrected chi connectivity index (χ2v) is 7.09. The summed E-state index contributed by atoms with van der Waals surface area (Å²) in [4.78, 5) is 29.3. The zero-order valence-electron chi connectivity index (χ0n) is 15.6. The van der Waals surface area contributed by atoms with Crippen molar-refractivity contribution in [2.45, 2.75) is 24.8 Å². The maximum Gasteiger partial charge on any atom is 0.240 e. The van der Waals surface area contributed by atoms with Crippen molar-refractivity contribution in [2.24, 2.45) is 0 Å². The first kappa shape index (κ1) is 18.7. The standard InChI is InChI=1S/C19H28N4O3/c1-22-11-5-10-20-18(25)19(22)8-12-23(13-9-19)14-17(24)21-15-6-3-4-7-16(15)26-2/h3-4,6-7H,5,8-14H2,1-2H3,(H,20,25)(H,21,24). The number of likely N-dealkylation sites (tertiary alicyclic amines) is 1. The quantitative estimate of drug-likeness (QED) is 0.835. The maximum atomic E-state index is 12.6. The third-order valence-electron chi connectivity index (χ3n) is 5.54. The third kappa shape index (κ3) is 3.83. The van der Waals surface area contributed by atoms with Crippen molar-refractivity contribution in [1.82, 2.24) is 15.1 Å². The number of carbonyl (C=O) groups is 2. The molecule has 2 aliphatic heterocycles. The van der Waals surface area contributed by atoms with Crippen molar-refractivity contribution in [3.8, 4) is 5.75 Å².